The topological polar surface area (TPSA) is 83.4 Å². The average molecular weight is 500 g/mol. The minimum Gasteiger partial charge on any atom is -0.357 e. The van der Waals surface area contributed by atoms with Gasteiger partial charge in [0.15, 0.2) is 15.8 Å². The fourth-order valence-electron chi connectivity index (χ4n) is 2.96. The molecule has 6 nitrogen and oxygen atoms in total. The number of pyridine rings is 1. The van der Waals surface area contributed by atoms with Crippen LogP contribution in [0.5, 0.6) is 0 Å². The van der Waals surface area contributed by atoms with Gasteiger partial charge in [-0.05, 0) is 37.1 Å². The van der Waals surface area contributed by atoms with Crippen LogP contribution in [0.1, 0.15) is 18.9 Å². The molecule has 0 radical (unpaired) electrons. The van der Waals surface area contributed by atoms with Crippen LogP contribution in [0.4, 0.5) is 0 Å². The van der Waals surface area contributed by atoms with Crippen LogP contribution in [0.15, 0.2) is 53.7 Å². The number of rotatable bonds is 5. The van der Waals surface area contributed by atoms with Gasteiger partial charge in [0.05, 0.1) is 23.7 Å². The number of halogens is 1. The van der Waals surface area contributed by atoms with E-state index in [4.69, 9.17) is 0 Å². The van der Waals surface area contributed by atoms with E-state index < -0.39 is 9.84 Å². The Labute approximate surface area is 177 Å². The second-order valence-electron chi connectivity index (χ2n) is 6.35. The van der Waals surface area contributed by atoms with Gasteiger partial charge in [0.25, 0.3) is 0 Å². The van der Waals surface area contributed by atoms with Crippen molar-refractivity contribution in [2.75, 3.05) is 18.1 Å². The van der Waals surface area contributed by atoms with Gasteiger partial charge in [-0.3, -0.25) is 4.98 Å². The highest BCUT2D eigenvalue weighted by molar-refractivity contribution is 14.0. The van der Waals surface area contributed by atoms with Gasteiger partial charge in [-0.2, -0.15) is 0 Å². The molecular formula is C19H25IN4O2S. The molecule has 0 bridgehead atoms. The summed E-state index contributed by atoms with van der Waals surface area (Å²) in [7, 11) is -2.91. The second-order valence-corrected chi connectivity index (χ2v) is 8.58. The van der Waals surface area contributed by atoms with Gasteiger partial charge in [0.2, 0.25) is 0 Å². The van der Waals surface area contributed by atoms with E-state index in [-0.39, 0.29) is 41.5 Å². The zero-order valence-electron chi connectivity index (χ0n) is 15.3. The third-order valence-corrected chi connectivity index (χ3v) is 5.99. The van der Waals surface area contributed by atoms with E-state index in [9.17, 15) is 8.42 Å². The molecule has 1 saturated heterocycles. The molecule has 1 aliphatic heterocycles. The van der Waals surface area contributed by atoms with E-state index in [2.05, 4.69) is 26.7 Å². The highest BCUT2D eigenvalue weighted by atomic mass is 127. The number of sulfone groups is 1. The Morgan fingerprint density at radius 2 is 2.11 bits per heavy atom. The standard InChI is InChI=1S/C19H24N4O2S.HI/c1-2-20-19(23-17-9-11-26(24,25)14-17)22-13-15-6-5-7-16(12-15)18-8-3-4-10-21-18;/h3-8,10,12,17H,2,9,11,13-14H2,1H3,(H2,20,22,23);1H. The molecule has 1 aromatic heterocycles. The van der Waals surface area contributed by atoms with E-state index in [1.165, 1.54) is 0 Å². The van der Waals surface area contributed by atoms with Crippen molar-refractivity contribution >= 4 is 39.8 Å². The zero-order chi connectivity index (χ0) is 18.4. The minimum absolute atomic E-state index is 0. The van der Waals surface area contributed by atoms with Crippen molar-refractivity contribution < 1.29 is 8.42 Å². The molecule has 1 atom stereocenters. The molecule has 1 aromatic carbocycles. The molecule has 8 heteroatoms. The Hall–Kier alpha value is -1.68. The first-order valence-corrected chi connectivity index (χ1v) is 10.6. The van der Waals surface area contributed by atoms with Gasteiger partial charge in [-0.1, -0.05) is 24.3 Å². The highest BCUT2D eigenvalue weighted by Gasteiger charge is 2.28. The molecule has 2 N–H and O–H groups in total. The third kappa shape index (κ3) is 6.46. The van der Waals surface area contributed by atoms with Crippen LogP contribution in [0.25, 0.3) is 11.3 Å². The molecule has 0 spiro atoms. The predicted molar refractivity (Wildman–Crippen MR) is 120 cm³/mol. The maximum absolute atomic E-state index is 11.6. The Balaban J connectivity index is 0.00000261. The first-order valence-electron chi connectivity index (χ1n) is 8.81. The van der Waals surface area contributed by atoms with Gasteiger partial charge < -0.3 is 10.6 Å². The van der Waals surface area contributed by atoms with Crippen molar-refractivity contribution in [2.45, 2.75) is 25.9 Å². The van der Waals surface area contributed by atoms with Crippen molar-refractivity contribution in [3.05, 3.63) is 54.2 Å². The predicted octanol–water partition coefficient (Wildman–Crippen LogP) is 2.61. The fourth-order valence-corrected chi connectivity index (χ4v) is 4.63. The maximum atomic E-state index is 11.6. The van der Waals surface area contributed by atoms with Crippen molar-refractivity contribution in [3.8, 4) is 11.3 Å². The van der Waals surface area contributed by atoms with Crippen LogP contribution < -0.4 is 10.6 Å². The number of aliphatic imine (C=N–C) groups is 1. The summed E-state index contributed by atoms with van der Waals surface area (Å²) < 4.78 is 23.3. The van der Waals surface area contributed by atoms with E-state index >= 15 is 0 Å². The number of nitrogens with zero attached hydrogens (tertiary/aromatic N) is 2. The van der Waals surface area contributed by atoms with E-state index in [1.54, 1.807) is 6.20 Å². The van der Waals surface area contributed by atoms with Crippen LogP contribution >= 0.6 is 24.0 Å². The van der Waals surface area contributed by atoms with Gasteiger partial charge in [-0.15, -0.1) is 24.0 Å². The smallest absolute Gasteiger partial charge is 0.191 e. The van der Waals surface area contributed by atoms with Gasteiger partial charge in [0.1, 0.15) is 0 Å². The number of benzene rings is 1. The summed E-state index contributed by atoms with van der Waals surface area (Å²) in [6.45, 7) is 3.22. The molecule has 0 amide bonds. The monoisotopic (exact) mass is 500 g/mol. The molecule has 0 saturated carbocycles. The number of hydrogen-bond donors (Lipinski definition) is 2. The first-order chi connectivity index (χ1) is 12.6. The van der Waals surface area contributed by atoms with Crippen molar-refractivity contribution in [2.24, 2.45) is 4.99 Å². The molecule has 0 aliphatic carbocycles. The van der Waals surface area contributed by atoms with Crippen LogP contribution in [-0.2, 0) is 16.4 Å². The summed E-state index contributed by atoms with van der Waals surface area (Å²) in [6, 6.07) is 13.9. The molecule has 2 heterocycles. The van der Waals surface area contributed by atoms with Crippen molar-refractivity contribution in [3.63, 3.8) is 0 Å². The Morgan fingerprint density at radius 1 is 1.26 bits per heavy atom. The van der Waals surface area contributed by atoms with E-state index in [0.717, 1.165) is 23.4 Å². The number of nitrogens with one attached hydrogen (secondary N) is 2. The maximum Gasteiger partial charge on any atom is 0.191 e. The average Bonchev–Trinajstić information content (AvgIpc) is 2.99. The fraction of sp³-hybridized carbons (Fsp3) is 0.368. The summed E-state index contributed by atoms with van der Waals surface area (Å²) in [6.07, 6.45) is 2.41. The van der Waals surface area contributed by atoms with Gasteiger partial charge >= 0.3 is 0 Å². The molecule has 3 rings (SSSR count). The summed E-state index contributed by atoms with van der Waals surface area (Å²) in [4.78, 5) is 8.99. The molecule has 1 unspecified atom stereocenters. The highest BCUT2D eigenvalue weighted by Crippen LogP contribution is 2.18. The van der Waals surface area contributed by atoms with Crippen molar-refractivity contribution in [1.82, 2.24) is 15.6 Å². The second kappa shape index (κ2) is 10.0. The minimum atomic E-state index is -2.91. The van der Waals surface area contributed by atoms with Crippen LogP contribution in [-0.4, -0.2) is 43.5 Å². The molecular weight excluding hydrogens is 475 g/mol. The third-order valence-electron chi connectivity index (χ3n) is 4.22. The molecule has 2 aromatic rings. The van der Waals surface area contributed by atoms with Crippen molar-refractivity contribution in [1.29, 1.82) is 0 Å². The van der Waals surface area contributed by atoms with Gasteiger partial charge in [-0.25, -0.2) is 13.4 Å². The summed E-state index contributed by atoms with van der Waals surface area (Å²) in [5.41, 5.74) is 3.06. The molecule has 27 heavy (non-hydrogen) atoms. The first kappa shape index (κ1) is 21.6. The van der Waals surface area contributed by atoms with E-state index in [0.29, 0.717) is 18.9 Å². The van der Waals surface area contributed by atoms with Crippen LogP contribution in [0.3, 0.4) is 0 Å². The lowest BCUT2D eigenvalue weighted by Gasteiger charge is -2.15. The van der Waals surface area contributed by atoms with E-state index in [1.807, 2.05) is 43.3 Å². The Bertz CT molecular complexity index is 872. The quantitative estimate of drug-likeness (QED) is 0.375. The summed E-state index contributed by atoms with van der Waals surface area (Å²) >= 11 is 0. The molecule has 146 valence electrons. The lowest BCUT2D eigenvalue weighted by molar-refractivity contribution is 0.599. The Kier molecular flexibility index (Phi) is 8.03. The number of guanidine groups is 1. The van der Waals surface area contributed by atoms with Crippen LogP contribution in [0, 0.1) is 0 Å². The lowest BCUT2D eigenvalue weighted by Crippen LogP contribution is -2.44. The lowest BCUT2D eigenvalue weighted by atomic mass is 10.1. The largest absolute Gasteiger partial charge is 0.357 e. The Morgan fingerprint density at radius 3 is 2.78 bits per heavy atom. The number of aromatic nitrogens is 1. The van der Waals surface area contributed by atoms with Gasteiger partial charge in [0, 0.05) is 24.3 Å². The summed E-state index contributed by atoms with van der Waals surface area (Å²) in [5.74, 6) is 1.07. The number of hydrogen-bond acceptors (Lipinski definition) is 4. The molecule has 1 fully saturated rings. The SMILES string of the molecule is CCNC(=NCc1cccc(-c2ccccn2)c1)NC1CCS(=O)(=O)C1.I. The normalized spacial score (nSPS) is 18.6. The summed E-state index contributed by atoms with van der Waals surface area (Å²) in [5, 5.41) is 6.42. The zero-order valence-corrected chi connectivity index (χ0v) is 18.4. The van der Waals surface area contributed by atoms with Crippen LogP contribution in [0.2, 0.25) is 0 Å². The molecule has 1 aliphatic rings.